The van der Waals surface area contributed by atoms with E-state index < -0.39 is 0 Å². The van der Waals surface area contributed by atoms with Crippen molar-refractivity contribution in [2.24, 2.45) is 0 Å². The van der Waals surface area contributed by atoms with E-state index in [-0.39, 0.29) is 5.82 Å². The third kappa shape index (κ3) is 5.02. The summed E-state index contributed by atoms with van der Waals surface area (Å²) in [5, 5.41) is 8.18. The largest absolute Gasteiger partial charge is 0.489 e. The molecule has 2 aromatic heterocycles. The van der Waals surface area contributed by atoms with Gasteiger partial charge in [-0.25, -0.2) is 19.0 Å². The number of rotatable bonds is 7. The van der Waals surface area contributed by atoms with Crippen molar-refractivity contribution in [3.8, 4) is 17.1 Å². The van der Waals surface area contributed by atoms with Crippen molar-refractivity contribution in [1.29, 1.82) is 0 Å². The molecule has 0 N–H and O–H groups in total. The van der Waals surface area contributed by atoms with Gasteiger partial charge in [-0.1, -0.05) is 23.4 Å². The highest BCUT2D eigenvalue weighted by atomic mass is 79.9. The van der Waals surface area contributed by atoms with Gasteiger partial charge in [0.2, 0.25) is 0 Å². The van der Waals surface area contributed by atoms with Gasteiger partial charge in [-0.3, -0.25) is 4.90 Å². The molecule has 1 fully saturated rings. The zero-order valence-electron chi connectivity index (χ0n) is 17.8. The van der Waals surface area contributed by atoms with Crippen LogP contribution in [-0.2, 0) is 11.3 Å². The molecule has 0 saturated carbocycles. The number of halogens is 2. The maximum atomic E-state index is 14.6. The van der Waals surface area contributed by atoms with Crippen LogP contribution >= 0.6 is 15.9 Å². The van der Waals surface area contributed by atoms with Gasteiger partial charge in [0.05, 0.1) is 36.6 Å². The molecule has 0 amide bonds. The molecule has 0 aliphatic carbocycles. The predicted molar refractivity (Wildman–Crippen MR) is 125 cm³/mol. The molecule has 0 radical (unpaired) electrons. The standard InChI is InChI=1S/C23H22BrFN6O2/c24-19-4-5-20-22(21(19)25)31(29-28-20)15-16-2-1-3-17(12-16)23-26-13-18(14-27-23)33-11-8-30-6-9-32-10-7-30/h1-5,12-14H,6-11,15H2. The Morgan fingerprint density at radius 2 is 1.91 bits per heavy atom. The molecular formula is C23H22BrFN6O2. The van der Waals surface area contributed by atoms with E-state index in [1.165, 1.54) is 0 Å². The number of ether oxygens (including phenoxy) is 2. The SMILES string of the molecule is Fc1c(Br)ccc2nnn(Cc3cccc(-c4ncc(OCCN5CCOCC5)cn4)c3)c12. The summed E-state index contributed by atoms with van der Waals surface area (Å²) in [6.45, 7) is 5.22. The van der Waals surface area contributed by atoms with E-state index in [2.05, 4.69) is 41.1 Å². The number of fused-ring (bicyclic) bond motifs is 1. The summed E-state index contributed by atoms with van der Waals surface area (Å²) >= 11 is 3.23. The predicted octanol–water partition coefficient (Wildman–Crippen LogP) is 3.55. The molecular weight excluding hydrogens is 491 g/mol. The summed E-state index contributed by atoms with van der Waals surface area (Å²) < 4.78 is 27.7. The second-order valence-corrected chi connectivity index (χ2v) is 8.58. The normalized spacial score (nSPS) is 14.6. The number of benzene rings is 2. The molecule has 3 heterocycles. The molecule has 1 saturated heterocycles. The molecule has 33 heavy (non-hydrogen) atoms. The topological polar surface area (TPSA) is 78.2 Å². The van der Waals surface area contributed by atoms with Crippen LogP contribution in [0.4, 0.5) is 4.39 Å². The Balaban J connectivity index is 1.26. The van der Waals surface area contributed by atoms with E-state index in [9.17, 15) is 4.39 Å². The lowest BCUT2D eigenvalue weighted by atomic mass is 10.1. The van der Waals surface area contributed by atoms with Crippen molar-refractivity contribution >= 4 is 27.0 Å². The summed E-state index contributed by atoms with van der Waals surface area (Å²) in [6, 6.07) is 11.2. The summed E-state index contributed by atoms with van der Waals surface area (Å²) in [5.74, 6) is 0.856. The van der Waals surface area contributed by atoms with Crippen molar-refractivity contribution in [3.63, 3.8) is 0 Å². The van der Waals surface area contributed by atoms with E-state index >= 15 is 0 Å². The summed E-state index contributed by atoms with van der Waals surface area (Å²) in [4.78, 5) is 11.2. The first kappa shape index (κ1) is 21.9. The molecule has 5 rings (SSSR count). The van der Waals surface area contributed by atoms with E-state index in [1.54, 1.807) is 29.2 Å². The molecule has 0 atom stereocenters. The van der Waals surface area contributed by atoms with Gasteiger partial charge in [0, 0.05) is 25.2 Å². The second kappa shape index (κ2) is 9.90. The number of hydrogen-bond donors (Lipinski definition) is 0. The summed E-state index contributed by atoms with van der Waals surface area (Å²) in [7, 11) is 0. The Morgan fingerprint density at radius 3 is 2.73 bits per heavy atom. The third-order valence-electron chi connectivity index (χ3n) is 5.49. The zero-order valence-corrected chi connectivity index (χ0v) is 19.4. The van der Waals surface area contributed by atoms with Crippen LogP contribution in [0, 0.1) is 5.82 Å². The van der Waals surface area contributed by atoms with Crippen LogP contribution in [0.15, 0.2) is 53.3 Å². The Morgan fingerprint density at radius 1 is 1.09 bits per heavy atom. The average molecular weight is 513 g/mol. The summed E-state index contributed by atoms with van der Waals surface area (Å²) in [6.07, 6.45) is 3.37. The third-order valence-corrected chi connectivity index (χ3v) is 6.10. The van der Waals surface area contributed by atoms with Crippen molar-refractivity contribution in [2.45, 2.75) is 6.54 Å². The number of nitrogens with zero attached hydrogens (tertiary/aromatic N) is 6. The molecule has 4 aromatic rings. The number of aromatic nitrogens is 5. The first-order chi connectivity index (χ1) is 16.2. The van der Waals surface area contributed by atoms with Gasteiger partial charge in [0.1, 0.15) is 17.6 Å². The molecule has 0 unspecified atom stereocenters. The van der Waals surface area contributed by atoms with Crippen LogP contribution in [0.25, 0.3) is 22.4 Å². The Kier molecular flexibility index (Phi) is 6.56. The lowest BCUT2D eigenvalue weighted by Crippen LogP contribution is -2.38. The van der Waals surface area contributed by atoms with Crippen molar-refractivity contribution < 1.29 is 13.9 Å². The second-order valence-electron chi connectivity index (χ2n) is 7.72. The van der Waals surface area contributed by atoms with Gasteiger partial charge in [0.25, 0.3) is 0 Å². The minimum atomic E-state index is -0.374. The molecule has 10 heteroatoms. The van der Waals surface area contributed by atoms with Gasteiger partial charge in [-0.05, 0) is 39.7 Å². The molecule has 0 spiro atoms. The Hall–Kier alpha value is -2.95. The molecule has 170 valence electrons. The number of morpholine rings is 1. The lowest BCUT2D eigenvalue weighted by Gasteiger charge is -2.26. The maximum absolute atomic E-state index is 14.6. The van der Waals surface area contributed by atoms with E-state index in [0.717, 1.165) is 44.0 Å². The van der Waals surface area contributed by atoms with Crippen molar-refractivity contribution in [1.82, 2.24) is 29.9 Å². The van der Waals surface area contributed by atoms with Gasteiger partial charge < -0.3 is 9.47 Å². The molecule has 8 nitrogen and oxygen atoms in total. The van der Waals surface area contributed by atoms with Crippen molar-refractivity contribution in [2.75, 3.05) is 39.5 Å². The van der Waals surface area contributed by atoms with Gasteiger partial charge in [-0.15, -0.1) is 5.10 Å². The smallest absolute Gasteiger partial charge is 0.164 e. The highest BCUT2D eigenvalue weighted by Crippen LogP contribution is 2.25. The van der Waals surface area contributed by atoms with E-state index in [4.69, 9.17) is 9.47 Å². The highest BCUT2D eigenvalue weighted by Gasteiger charge is 2.14. The first-order valence-corrected chi connectivity index (χ1v) is 11.5. The minimum Gasteiger partial charge on any atom is -0.489 e. The highest BCUT2D eigenvalue weighted by molar-refractivity contribution is 9.10. The zero-order chi connectivity index (χ0) is 22.6. The van der Waals surface area contributed by atoms with Crippen molar-refractivity contribution in [3.05, 3.63) is 64.6 Å². The van der Waals surface area contributed by atoms with Gasteiger partial charge in [0.15, 0.2) is 17.4 Å². The molecule has 1 aliphatic heterocycles. The van der Waals surface area contributed by atoms with Crippen LogP contribution in [0.1, 0.15) is 5.56 Å². The molecule has 0 bridgehead atoms. The fourth-order valence-corrected chi connectivity index (χ4v) is 4.07. The number of hydrogen-bond acceptors (Lipinski definition) is 7. The first-order valence-electron chi connectivity index (χ1n) is 10.7. The molecule has 2 aromatic carbocycles. The Bertz CT molecular complexity index is 1240. The van der Waals surface area contributed by atoms with E-state index in [1.807, 2.05) is 24.3 Å². The average Bonchev–Trinajstić information content (AvgIpc) is 3.26. The fourth-order valence-electron chi connectivity index (χ4n) is 3.75. The monoisotopic (exact) mass is 512 g/mol. The van der Waals surface area contributed by atoms with E-state index in [0.29, 0.717) is 40.2 Å². The van der Waals surface area contributed by atoms with Crippen LogP contribution in [-0.4, -0.2) is 69.3 Å². The Labute approximate surface area is 198 Å². The minimum absolute atomic E-state index is 0.365. The fraction of sp³-hybridized carbons (Fsp3) is 0.304. The lowest BCUT2D eigenvalue weighted by molar-refractivity contribution is 0.0322. The summed E-state index contributed by atoms with van der Waals surface area (Å²) in [5.41, 5.74) is 2.68. The van der Waals surface area contributed by atoms with Crippen LogP contribution < -0.4 is 4.74 Å². The quantitative estimate of drug-likeness (QED) is 0.374. The maximum Gasteiger partial charge on any atom is 0.164 e. The van der Waals surface area contributed by atoms with Crippen LogP contribution in [0.5, 0.6) is 5.75 Å². The molecule has 1 aliphatic rings. The van der Waals surface area contributed by atoms with Crippen LogP contribution in [0.3, 0.4) is 0 Å². The van der Waals surface area contributed by atoms with Gasteiger partial charge >= 0.3 is 0 Å². The van der Waals surface area contributed by atoms with Crippen LogP contribution in [0.2, 0.25) is 0 Å². The van der Waals surface area contributed by atoms with Gasteiger partial charge in [-0.2, -0.15) is 0 Å².